The Morgan fingerprint density at radius 1 is 1.38 bits per heavy atom. The Kier molecular flexibility index (Phi) is 2.88. The minimum atomic E-state index is 0.0540. The molecule has 3 heteroatoms. The summed E-state index contributed by atoms with van der Waals surface area (Å²) in [7, 11) is 1.69. The maximum atomic E-state index is 5.97. The van der Waals surface area contributed by atoms with Crippen LogP contribution in [0.1, 0.15) is 25.6 Å². The quantitative estimate of drug-likeness (QED) is 0.860. The summed E-state index contributed by atoms with van der Waals surface area (Å²) in [6, 6.07) is 8.33. The van der Waals surface area contributed by atoms with Crippen LogP contribution in [0.25, 0.3) is 10.9 Å². The smallest absolute Gasteiger partial charge is 0.120 e. The molecule has 1 atom stereocenters. The Morgan fingerprint density at radius 2 is 2.12 bits per heavy atom. The molecule has 1 heterocycles. The SMILES string of the molecule is CCn1c(C(C)N)cc2ccc(OC)cc21. The van der Waals surface area contributed by atoms with E-state index >= 15 is 0 Å². The lowest BCUT2D eigenvalue weighted by Gasteiger charge is -2.10. The fraction of sp³-hybridized carbons (Fsp3) is 0.385. The van der Waals surface area contributed by atoms with Crippen LogP contribution in [0.5, 0.6) is 5.75 Å². The van der Waals surface area contributed by atoms with Gasteiger partial charge in [0.2, 0.25) is 0 Å². The van der Waals surface area contributed by atoms with Gasteiger partial charge in [-0.25, -0.2) is 0 Å². The summed E-state index contributed by atoms with van der Waals surface area (Å²) < 4.78 is 7.49. The van der Waals surface area contributed by atoms with E-state index in [1.165, 1.54) is 16.6 Å². The minimum absolute atomic E-state index is 0.0540. The molecular formula is C13H18N2O. The molecule has 0 radical (unpaired) electrons. The molecule has 0 saturated heterocycles. The summed E-state index contributed by atoms with van der Waals surface area (Å²) in [6.45, 7) is 5.07. The number of aryl methyl sites for hydroxylation is 1. The summed E-state index contributed by atoms with van der Waals surface area (Å²) in [6.07, 6.45) is 0. The van der Waals surface area contributed by atoms with Crippen molar-refractivity contribution in [3.63, 3.8) is 0 Å². The summed E-state index contributed by atoms with van der Waals surface area (Å²) in [5, 5.41) is 1.22. The third-order valence-corrected chi connectivity index (χ3v) is 2.93. The minimum Gasteiger partial charge on any atom is -0.497 e. The highest BCUT2D eigenvalue weighted by Gasteiger charge is 2.11. The molecule has 1 aromatic carbocycles. The normalized spacial score (nSPS) is 13.0. The van der Waals surface area contributed by atoms with Crippen LogP contribution in [0.2, 0.25) is 0 Å². The van der Waals surface area contributed by atoms with E-state index in [2.05, 4.69) is 29.7 Å². The Bertz CT molecular complexity index is 500. The second-order valence-electron chi connectivity index (χ2n) is 4.03. The highest BCUT2D eigenvalue weighted by Crippen LogP contribution is 2.26. The van der Waals surface area contributed by atoms with Gasteiger partial charge in [-0.1, -0.05) is 0 Å². The van der Waals surface area contributed by atoms with E-state index in [0.717, 1.165) is 12.3 Å². The molecule has 0 amide bonds. The second kappa shape index (κ2) is 4.18. The van der Waals surface area contributed by atoms with Gasteiger partial charge in [0.25, 0.3) is 0 Å². The van der Waals surface area contributed by atoms with E-state index in [1.807, 2.05) is 13.0 Å². The average Bonchev–Trinajstić information content (AvgIpc) is 2.66. The molecule has 86 valence electrons. The van der Waals surface area contributed by atoms with Gasteiger partial charge < -0.3 is 15.0 Å². The molecule has 0 aliphatic rings. The first-order valence-electron chi connectivity index (χ1n) is 5.60. The molecule has 16 heavy (non-hydrogen) atoms. The van der Waals surface area contributed by atoms with Crippen LogP contribution in [-0.2, 0) is 6.54 Å². The van der Waals surface area contributed by atoms with Crippen molar-refractivity contribution in [1.82, 2.24) is 4.57 Å². The molecule has 0 aliphatic carbocycles. The number of nitrogens with two attached hydrogens (primary N) is 1. The summed E-state index contributed by atoms with van der Waals surface area (Å²) in [4.78, 5) is 0. The maximum Gasteiger partial charge on any atom is 0.120 e. The molecule has 3 nitrogen and oxygen atoms in total. The standard InChI is InChI=1S/C13H18N2O/c1-4-15-12(9(2)14)7-10-5-6-11(16-3)8-13(10)15/h5-9H,4,14H2,1-3H3. The van der Waals surface area contributed by atoms with Crippen LogP contribution in [0, 0.1) is 0 Å². The van der Waals surface area contributed by atoms with Crippen LogP contribution >= 0.6 is 0 Å². The number of hydrogen-bond donors (Lipinski definition) is 1. The number of fused-ring (bicyclic) bond motifs is 1. The van der Waals surface area contributed by atoms with Gasteiger partial charge in [-0.15, -0.1) is 0 Å². The molecule has 0 saturated carbocycles. The molecule has 0 spiro atoms. The Morgan fingerprint density at radius 3 is 2.69 bits per heavy atom. The van der Waals surface area contributed by atoms with E-state index in [-0.39, 0.29) is 6.04 Å². The zero-order chi connectivity index (χ0) is 11.7. The number of aromatic nitrogens is 1. The molecule has 1 unspecified atom stereocenters. The third kappa shape index (κ3) is 1.67. The Hall–Kier alpha value is -1.48. The van der Waals surface area contributed by atoms with Gasteiger partial charge >= 0.3 is 0 Å². The van der Waals surface area contributed by atoms with Crippen molar-refractivity contribution >= 4 is 10.9 Å². The van der Waals surface area contributed by atoms with Crippen molar-refractivity contribution in [3.8, 4) is 5.75 Å². The van der Waals surface area contributed by atoms with Crippen LogP contribution < -0.4 is 10.5 Å². The summed E-state index contributed by atoms with van der Waals surface area (Å²) >= 11 is 0. The molecule has 2 N–H and O–H groups in total. The van der Waals surface area contributed by atoms with Crippen molar-refractivity contribution in [2.24, 2.45) is 5.73 Å². The maximum absolute atomic E-state index is 5.97. The first kappa shape index (κ1) is 11.0. The van der Waals surface area contributed by atoms with Crippen molar-refractivity contribution in [2.75, 3.05) is 7.11 Å². The monoisotopic (exact) mass is 218 g/mol. The van der Waals surface area contributed by atoms with Gasteiger partial charge in [0.15, 0.2) is 0 Å². The van der Waals surface area contributed by atoms with Gasteiger partial charge in [-0.2, -0.15) is 0 Å². The lowest BCUT2D eigenvalue weighted by molar-refractivity contribution is 0.415. The molecule has 0 bridgehead atoms. The number of nitrogens with zero attached hydrogens (tertiary/aromatic N) is 1. The van der Waals surface area contributed by atoms with Crippen molar-refractivity contribution in [1.29, 1.82) is 0 Å². The van der Waals surface area contributed by atoms with Gasteiger partial charge in [0, 0.05) is 29.7 Å². The van der Waals surface area contributed by atoms with E-state index in [4.69, 9.17) is 10.5 Å². The number of hydrogen-bond acceptors (Lipinski definition) is 2. The number of rotatable bonds is 3. The first-order chi connectivity index (χ1) is 7.67. The van der Waals surface area contributed by atoms with Crippen molar-refractivity contribution in [3.05, 3.63) is 30.0 Å². The molecule has 2 aromatic rings. The van der Waals surface area contributed by atoms with Crippen molar-refractivity contribution in [2.45, 2.75) is 26.4 Å². The van der Waals surface area contributed by atoms with Gasteiger partial charge in [0.05, 0.1) is 12.6 Å². The fourth-order valence-electron chi connectivity index (χ4n) is 2.11. The van der Waals surface area contributed by atoms with Crippen molar-refractivity contribution < 1.29 is 4.74 Å². The number of benzene rings is 1. The Balaban J connectivity index is 2.68. The van der Waals surface area contributed by atoms with E-state index in [9.17, 15) is 0 Å². The molecular weight excluding hydrogens is 200 g/mol. The predicted molar refractivity (Wildman–Crippen MR) is 66.8 cm³/mol. The highest BCUT2D eigenvalue weighted by molar-refractivity contribution is 5.83. The van der Waals surface area contributed by atoms with Crippen LogP contribution in [0.15, 0.2) is 24.3 Å². The van der Waals surface area contributed by atoms with Gasteiger partial charge in [-0.3, -0.25) is 0 Å². The van der Waals surface area contributed by atoms with E-state index in [0.29, 0.717) is 0 Å². The third-order valence-electron chi connectivity index (χ3n) is 2.93. The largest absolute Gasteiger partial charge is 0.497 e. The Labute approximate surface area is 95.8 Å². The summed E-state index contributed by atoms with van der Waals surface area (Å²) in [5.41, 5.74) is 8.33. The molecule has 0 aliphatic heterocycles. The predicted octanol–water partition coefficient (Wildman–Crippen LogP) is 2.69. The van der Waals surface area contributed by atoms with Crippen LogP contribution in [0.4, 0.5) is 0 Å². The average molecular weight is 218 g/mol. The fourth-order valence-corrected chi connectivity index (χ4v) is 2.11. The van der Waals surface area contributed by atoms with Gasteiger partial charge in [-0.05, 0) is 32.0 Å². The molecule has 0 fully saturated rings. The topological polar surface area (TPSA) is 40.2 Å². The van der Waals surface area contributed by atoms with E-state index < -0.39 is 0 Å². The number of methoxy groups -OCH3 is 1. The lowest BCUT2D eigenvalue weighted by atomic mass is 10.2. The molecule has 1 aromatic heterocycles. The first-order valence-corrected chi connectivity index (χ1v) is 5.60. The summed E-state index contributed by atoms with van der Waals surface area (Å²) in [5.74, 6) is 0.886. The van der Waals surface area contributed by atoms with Gasteiger partial charge in [0.1, 0.15) is 5.75 Å². The zero-order valence-electron chi connectivity index (χ0n) is 10.0. The van der Waals surface area contributed by atoms with Crippen LogP contribution in [-0.4, -0.2) is 11.7 Å². The van der Waals surface area contributed by atoms with E-state index in [1.54, 1.807) is 7.11 Å². The lowest BCUT2D eigenvalue weighted by Crippen LogP contribution is -2.11. The highest BCUT2D eigenvalue weighted by atomic mass is 16.5. The zero-order valence-corrected chi connectivity index (χ0v) is 10.0. The molecule has 2 rings (SSSR count). The number of ether oxygens (including phenoxy) is 1. The second-order valence-corrected chi connectivity index (χ2v) is 4.03. The van der Waals surface area contributed by atoms with Crippen LogP contribution in [0.3, 0.4) is 0 Å².